The second-order valence-electron chi connectivity index (χ2n) is 9.25. The van der Waals surface area contributed by atoms with Crippen molar-refractivity contribution < 1.29 is 24.3 Å². The molecule has 2 fully saturated rings. The number of anilines is 1. The smallest absolute Gasteiger partial charge is 0.303 e. The fourth-order valence-corrected chi connectivity index (χ4v) is 5.76. The molecular formula is C26H27N3O5. The largest absolute Gasteiger partial charge is 0.481 e. The Labute approximate surface area is 197 Å². The van der Waals surface area contributed by atoms with Crippen LogP contribution in [-0.4, -0.2) is 46.3 Å². The highest BCUT2D eigenvalue weighted by Gasteiger charge is 2.70. The predicted octanol–water partition coefficient (Wildman–Crippen LogP) is 2.08. The number of hydrogen-bond donors (Lipinski definition) is 3. The molecule has 176 valence electrons. The van der Waals surface area contributed by atoms with Crippen LogP contribution in [0.4, 0.5) is 5.69 Å². The van der Waals surface area contributed by atoms with Gasteiger partial charge in [-0.1, -0.05) is 49.4 Å². The Balaban J connectivity index is 1.54. The number of amides is 3. The van der Waals surface area contributed by atoms with Gasteiger partial charge in [-0.15, -0.1) is 0 Å². The van der Waals surface area contributed by atoms with E-state index >= 15 is 0 Å². The Kier molecular flexibility index (Phi) is 5.48. The van der Waals surface area contributed by atoms with Crippen molar-refractivity contribution in [2.45, 2.75) is 44.2 Å². The normalized spacial score (nSPS) is 27.3. The summed E-state index contributed by atoms with van der Waals surface area (Å²) in [6.07, 6.45) is 1.26. The Morgan fingerprint density at radius 2 is 1.82 bits per heavy atom. The molecule has 3 N–H and O–H groups in total. The standard InChI is InChI=1S/C26H27N3O5/c1-2-15-8-9-18-17(14-15)26(25(34)27-18)22-21(19(28-26)10-11-20(30)31)23(32)29(24(22)33)13-12-16-6-4-3-5-7-16/h3-9,14,19,21-22,28H,2,10-13H2,1H3,(H,27,34)(H,30,31)/t19-,21-,22-,26-/m1/s1. The van der Waals surface area contributed by atoms with Gasteiger partial charge in [0.2, 0.25) is 17.7 Å². The lowest BCUT2D eigenvalue weighted by Gasteiger charge is -2.29. The van der Waals surface area contributed by atoms with Crippen molar-refractivity contribution in [1.29, 1.82) is 0 Å². The summed E-state index contributed by atoms with van der Waals surface area (Å²) < 4.78 is 0. The van der Waals surface area contributed by atoms with Gasteiger partial charge in [-0.3, -0.25) is 29.4 Å². The number of imide groups is 1. The quantitative estimate of drug-likeness (QED) is 0.544. The number of nitrogens with zero attached hydrogens (tertiary/aromatic N) is 1. The molecule has 4 atom stereocenters. The van der Waals surface area contributed by atoms with E-state index < -0.39 is 29.4 Å². The Hall–Kier alpha value is -3.52. The molecule has 0 aromatic heterocycles. The molecule has 2 saturated heterocycles. The van der Waals surface area contributed by atoms with Crippen LogP contribution >= 0.6 is 0 Å². The number of carbonyl (C=O) groups excluding carboxylic acids is 3. The molecule has 3 aliphatic heterocycles. The van der Waals surface area contributed by atoms with Crippen molar-refractivity contribution in [1.82, 2.24) is 10.2 Å². The number of carboxylic acids is 1. The van der Waals surface area contributed by atoms with Crippen LogP contribution in [0.5, 0.6) is 0 Å². The zero-order valence-electron chi connectivity index (χ0n) is 18.9. The van der Waals surface area contributed by atoms with Crippen LogP contribution < -0.4 is 10.6 Å². The molecule has 34 heavy (non-hydrogen) atoms. The number of benzene rings is 2. The molecule has 0 unspecified atom stereocenters. The van der Waals surface area contributed by atoms with Crippen LogP contribution in [0.15, 0.2) is 48.5 Å². The number of nitrogens with one attached hydrogen (secondary N) is 2. The van der Waals surface area contributed by atoms with Gasteiger partial charge in [-0.2, -0.15) is 0 Å². The maximum Gasteiger partial charge on any atom is 0.303 e. The average molecular weight is 462 g/mol. The van der Waals surface area contributed by atoms with Gasteiger partial charge >= 0.3 is 5.97 Å². The molecule has 3 aliphatic rings. The summed E-state index contributed by atoms with van der Waals surface area (Å²) in [7, 11) is 0. The summed E-state index contributed by atoms with van der Waals surface area (Å²) in [4.78, 5) is 53.3. The van der Waals surface area contributed by atoms with Crippen molar-refractivity contribution in [3.63, 3.8) is 0 Å². The topological polar surface area (TPSA) is 116 Å². The number of carbonyl (C=O) groups is 4. The molecule has 3 amide bonds. The highest BCUT2D eigenvalue weighted by atomic mass is 16.4. The van der Waals surface area contributed by atoms with Crippen molar-refractivity contribution in [3.05, 3.63) is 65.2 Å². The van der Waals surface area contributed by atoms with Crippen LogP contribution in [0.25, 0.3) is 0 Å². The maximum absolute atomic E-state index is 13.7. The van der Waals surface area contributed by atoms with Crippen LogP contribution in [0.2, 0.25) is 0 Å². The first kappa shape index (κ1) is 22.3. The van der Waals surface area contributed by atoms with Crippen molar-refractivity contribution in [2.75, 3.05) is 11.9 Å². The van der Waals surface area contributed by atoms with E-state index in [0.717, 1.165) is 17.5 Å². The molecule has 0 saturated carbocycles. The third-order valence-corrected chi connectivity index (χ3v) is 7.41. The Morgan fingerprint density at radius 3 is 2.53 bits per heavy atom. The summed E-state index contributed by atoms with van der Waals surface area (Å²) in [6, 6.07) is 14.7. The first-order chi connectivity index (χ1) is 16.4. The van der Waals surface area contributed by atoms with E-state index in [-0.39, 0.29) is 37.1 Å². The van der Waals surface area contributed by atoms with E-state index in [1.807, 2.05) is 55.5 Å². The lowest BCUT2D eigenvalue weighted by molar-refractivity contribution is -0.143. The minimum Gasteiger partial charge on any atom is -0.481 e. The Morgan fingerprint density at radius 1 is 1.06 bits per heavy atom. The van der Waals surface area contributed by atoms with Crippen LogP contribution in [-0.2, 0) is 37.6 Å². The van der Waals surface area contributed by atoms with Gasteiger partial charge in [0.05, 0.1) is 11.8 Å². The summed E-state index contributed by atoms with van der Waals surface area (Å²) in [6.45, 7) is 2.23. The first-order valence-corrected chi connectivity index (χ1v) is 11.7. The monoisotopic (exact) mass is 461 g/mol. The third-order valence-electron chi connectivity index (χ3n) is 7.41. The average Bonchev–Trinajstić information content (AvgIpc) is 3.41. The van der Waals surface area contributed by atoms with Gasteiger partial charge < -0.3 is 10.4 Å². The van der Waals surface area contributed by atoms with Crippen LogP contribution in [0.3, 0.4) is 0 Å². The molecule has 5 rings (SSSR count). The highest BCUT2D eigenvalue weighted by molar-refractivity contribution is 6.15. The second kappa shape index (κ2) is 8.36. The van der Waals surface area contributed by atoms with E-state index in [0.29, 0.717) is 17.7 Å². The van der Waals surface area contributed by atoms with Crippen molar-refractivity contribution >= 4 is 29.4 Å². The number of aryl methyl sites for hydroxylation is 1. The summed E-state index contributed by atoms with van der Waals surface area (Å²) in [5.74, 6) is -3.76. The minimum atomic E-state index is -1.39. The van der Waals surface area contributed by atoms with Gasteiger partial charge in [-0.05, 0) is 36.5 Å². The van der Waals surface area contributed by atoms with Gasteiger partial charge in [0, 0.05) is 30.3 Å². The molecule has 8 nitrogen and oxygen atoms in total. The zero-order valence-corrected chi connectivity index (χ0v) is 18.9. The van der Waals surface area contributed by atoms with Crippen molar-refractivity contribution in [3.8, 4) is 0 Å². The number of hydrogen-bond acceptors (Lipinski definition) is 5. The summed E-state index contributed by atoms with van der Waals surface area (Å²) in [5.41, 5.74) is 1.92. The third kappa shape index (κ3) is 3.32. The van der Waals surface area contributed by atoms with Crippen LogP contribution in [0, 0.1) is 11.8 Å². The molecule has 3 heterocycles. The van der Waals surface area contributed by atoms with E-state index in [9.17, 15) is 24.3 Å². The lowest BCUT2D eigenvalue weighted by Crippen LogP contribution is -2.53. The molecule has 0 aliphatic carbocycles. The lowest BCUT2D eigenvalue weighted by atomic mass is 9.76. The fraction of sp³-hybridized carbons (Fsp3) is 0.385. The Bertz CT molecular complexity index is 1180. The maximum atomic E-state index is 13.7. The number of fused-ring (bicyclic) bond motifs is 4. The summed E-state index contributed by atoms with van der Waals surface area (Å²) in [5, 5.41) is 15.4. The van der Waals surface area contributed by atoms with E-state index in [4.69, 9.17) is 0 Å². The number of aliphatic carboxylic acids is 1. The van der Waals surface area contributed by atoms with Crippen LogP contribution in [0.1, 0.15) is 36.5 Å². The molecule has 2 aromatic rings. The van der Waals surface area contributed by atoms with E-state index in [1.54, 1.807) is 0 Å². The minimum absolute atomic E-state index is 0.153. The summed E-state index contributed by atoms with van der Waals surface area (Å²) >= 11 is 0. The van der Waals surface area contributed by atoms with E-state index in [1.165, 1.54) is 4.90 Å². The molecule has 0 radical (unpaired) electrons. The predicted molar refractivity (Wildman–Crippen MR) is 124 cm³/mol. The molecular weight excluding hydrogens is 434 g/mol. The molecule has 8 heteroatoms. The number of carboxylic acid groups (broad SMARTS) is 1. The second-order valence-corrected chi connectivity index (χ2v) is 9.25. The highest BCUT2D eigenvalue weighted by Crippen LogP contribution is 2.53. The number of rotatable bonds is 7. The fourth-order valence-electron chi connectivity index (χ4n) is 5.76. The van der Waals surface area contributed by atoms with Gasteiger partial charge in [0.25, 0.3) is 0 Å². The number of likely N-dealkylation sites (tertiary alicyclic amines) is 1. The zero-order chi connectivity index (χ0) is 24.0. The van der Waals surface area contributed by atoms with Gasteiger partial charge in [-0.25, -0.2) is 0 Å². The molecule has 1 spiro atoms. The van der Waals surface area contributed by atoms with Gasteiger partial charge in [0.1, 0.15) is 5.54 Å². The van der Waals surface area contributed by atoms with E-state index in [2.05, 4.69) is 10.6 Å². The van der Waals surface area contributed by atoms with Gasteiger partial charge in [0.15, 0.2) is 0 Å². The first-order valence-electron chi connectivity index (χ1n) is 11.7. The molecule has 2 aromatic carbocycles. The SMILES string of the molecule is CCc1ccc2c(c1)[C@]1(N[C@H](CCC(=O)O)[C@H]3C(=O)N(CCc4ccccc4)C(=O)[C@@H]31)C(=O)N2. The van der Waals surface area contributed by atoms with Crippen molar-refractivity contribution in [2.24, 2.45) is 11.8 Å². The molecule has 0 bridgehead atoms.